The molecule has 1 amide bonds. The van der Waals surface area contributed by atoms with E-state index < -0.39 is 9.84 Å². The van der Waals surface area contributed by atoms with E-state index in [1.807, 2.05) is 19.1 Å². The molecule has 0 aliphatic carbocycles. The Bertz CT molecular complexity index is 743. The van der Waals surface area contributed by atoms with Gasteiger partial charge in [-0.15, -0.1) is 0 Å². The van der Waals surface area contributed by atoms with Gasteiger partial charge in [0.15, 0.2) is 9.84 Å². The van der Waals surface area contributed by atoms with E-state index in [1.54, 1.807) is 24.5 Å². The first-order valence-corrected chi connectivity index (χ1v) is 8.28. The maximum atomic E-state index is 12.2. The van der Waals surface area contributed by atoms with Crippen LogP contribution in [-0.4, -0.2) is 25.6 Å². The molecule has 0 aliphatic heterocycles. The van der Waals surface area contributed by atoms with Gasteiger partial charge in [0.2, 0.25) is 0 Å². The number of aromatic nitrogens is 1. The Labute approximate surface area is 124 Å². The molecular formula is C15H16N2O3S. The van der Waals surface area contributed by atoms with Crippen molar-refractivity contribution in [3.8, 4) is 0 Å². The normalized spacial score (nSPS) is 12.7. The Kier molecular flexibility index (Phi) is 4.37. The molecule has 21 heavy (non-hydrogen) atoms. The smallest absolute Gasteiger partial charge is 0.251 e. The van der Waals surface area contributed by atoms with Gasteiger partial charge in [0.05, 0.1) is 10.9 Å². The van der Waals surface area contributed by atoms with Gasteiger partial charge in [-0.05, 0) is 42.8 Å². The van der Waals surface area contributed by atoms with Crippen molar-refractivity contribution in [3.63, 3.8) is 0 Å². The van der Waals surface area contributed by atoms with Gasteiger partial charge in [0, 0.05) is 24.2 Å². The molecule has 0 aliphatic rings. The lowest BCUT2D eigenvalue weighted by molar-refractivity contribution is 0.0939. The van der Waals surface area contributed by atoms with E-state index in [0.29, 0.717) is 5.56 Å². The highest BCUT2D eigenvalue weighted by Crippen LogP contribution is 2.14. The van der Waals surface area contributed by atoms with E-state index in [-0.39, 0.29) is 16.8 Å². The fourth-order valence-electron chi connectivity index (χ4n) is 1.88. The van der Waals surface area contributed by atoms with Crippen LogP contribution < -0.4 is 5.32 Å². The summed E-state index contributed by atoms with van der Waals surface area (Å²) in [6.07, 6.45) is 4.42. The van der Waals surface area contributed by atoms with Gasteiger partial charge in [0.1, 0.15) is 0 Å². The number of hydrogen-bond donors (Lipinski definition) is 1. The van der Waals surface area contributed by atoms with E-state index in [0.717, 1.165) is 11.8 Å². The Morgan fingerprint density at radius 1 is 1.19 bits per heavy atom. The molecule has 2 rings (SSSR count). The minimum absolute atomic E-state index is 0.131. The zero-order valence-corrected chi connectivity index (χ0v) is 12.6. The molecule has 0 saturated carbocycles. The predicted molar refractivity (Wildman–Crippen MR) is 79.7 cm³/mol. The fraction of sp³-hybridized carbons (Fsp3) is 0.200. The lowest BCUT2D eigenvalue weighted by Gasteiger charge is -2.14. The van der Waals surface area contributed by atoms with Crippen LogP contribution in [0.3, 0.4) is 0 Å². The minimum atomic E-state index is -3.33. The molecule has 0 bridgehead atoms. The molecule has 1 unspecified atom stereocenters. The largest absolute Gasteiger partial charge is 0.346 e. The van der Waals surface area contributed by atoms with E-state index in [2.05, 4.69) is 10.3 Å². The third kappa shape index (κ3) is 3.88. The summed E-state index contributed by atoms with van der Waals surface area (Å²) in [5.74, 6) is -0.315. The van der Waals surface area contributed by atoms with Crippen molar-refractivity contribution < 1.29 is 13.2 Å². The molecule has 1 N–H and O–H groups in total. The first-order valence-electron chi connectivity index (χ1n) is 6.39. The second-order valence-corrected chi connectivity index (χ2v) is 6.79. The minimum Gasteiger partial charge on any atom is -0.346 e. The quantitative estimate of drug-likeness (QED) is 0.937. The van der Waals surface area contributed by atoms with Crippen LogP contribution in [0.25, 0.3) is 0 Å². The first kappa shape index (κ1) is 15.2. The third-order valence-corrected chi connectivity index (χ3v) is 4.19. The van der Waals surface area contributed by atoms with Crippen LogP contribution in [0.1, 0.15) is 28.9 Å². The van der Waals surface area contributed by atoms with E-state index in [9.17, 15) is 13.2 Å². The maximum absolute atomic E-state index is 12.2. The fourth-order valence-corrected chi connectivity index (χ4v) is 2.55. The van der Waals surface area contributed by atoms with Gasteiger partial charge in [-0.1, -0.05) is 6.07 Å². The van der Waals surface area contributed by atoms with E-state index in [1.165, 1.54) is 12.1 Å². The van der Waals surface area contributed by atoms with Gasteiger partial charge >= 0.3 is 0 Å². The lowest BCUT2D eigenvalue weighted by Crippen LogP contribution is -2.26. The van der Waals surface area contributed by atoms with Crippen LogP contribution in [0.2, 0.25) is 0 Å². The maximum Gasteiger partial charge on any atom is 0.251 e. The highest BCUT2D eigenvalue weighted by atomic mass is 32.2. The molecule has 1 aromatic carbocycles. The molecule has 0 fully saturated rings. The van der Waals surface area contributed by atoms with Gasteiger partial charge in [-0.3, -0.25) is 9.78 Å². The van der Waals surface area contributed by atoms with Crippen LogP contribution in [0.15, 0.2) is 53.7 Å². The number of rotatable bonds is 4. The second kappa shape index (κ2) is 6.05. The number of nitrogens with one attached hydrogen (secondary N) is 1. The number of amides is 1. The van der Waals surface area contributed by atoms with Crippen molar-refractivity contribution in [3.05, 3.63) is 59.9 Å². The summed E-state index contributed by atoms with van der Waals surface area (Å²) < 4.78 is 23.0. The zero-order chi connectivity index (χ0) is 15.5. The van der Waals surface area contributed by atoms with Crippen molar-refractivity contribution in [2.75, 3.05) is 6.26 Å². The molecule has 2 aromatic rings. The number of pyridine rings is 1. The van der Waals surface area contributed by atoms with Gasteiger partial charge in [-0.25, -0.2) is 8.42 Å². The summed E-state index contributed by atoms with van der Waals surface area (Å²) in [6, 6.07) is 9.44. The summed E-state index contributed by atoms with van der Waals surface area (Å²) in [5, 5.41) is 2.83. The number of hydrogen-bond acceptors (Lipinski definition) is 4. The predicted octanol–water partition coefficient (Wildman–Crippen LogP) is 1.98. The van der Waals surface area contributed by atoms with Crippen LogP contribution in [0.4, 0.5) is 0 Å². The Morgan fingerprint density at radius 2 is 1.86 bits per heavy atom. The summed E-state index contributed by atoms with van der Waals surface area (Å²) in [5.41, 5.74) is 1.25. The molecule has 110 valence electrons. The summed E-state index contributed by atoms with van der Waals surface area (Å²) in [6.45, 7) is 1.85. The van der Waals surface area contributed by atoms with Crippen LogP contribution in [0, 0.1) is 0 Å². The molecule has 1 atom stereocenters. The van der Waals surface area contributed by atoms with E-state index >= 15 is 0 Å². The molecule has 1 heterocycles. The van der Waals surface area contributed by atoms with Crippen molar-refractivity contribution >= 4 is 15.7 Å². The molecule has 1 aromatic heterocycles. The van der Waals surface area contributed by atoms with Crippen LogP contribution in [0.5, 0.6) is 0 Å². The second-order valence-electron chi connectivity index (χ2n) is 4.78. The van der Waals surface area contributed by atoms with Crippen molar-refractivity contribution in [1.29, 1.82) is 0 Å². The topological polar surface area (TPSA) is 76.1 Å². The Balaban J connectivity index is 2.18. The Hall–Kier alpha value is -2.21. The molecule has 0 radical (unpaired) electrons. The first-order chi connectivity index (χ1) is 9.88. The monoisotopic (exact) mass is 304 g/mol. The van der Waals surface area contributed by atoms with Gasteiger partial charge in [0.25, 0.3) is 5.91 Å². The molecule has 0 spiro atoms. The molecule has 6 heteroatoms. The summed E-state index contributed by atoms with van der Waals surface area (Å²) in [7, 11) is -3.33. The summed E-state index contributed by atoms with van der Waals surface area (Å²) in [4.78, 5) is 16.2. The number of sulfone groups is 1. The third-order valence-electron chi connectivity index (χ3n) is 3.08. The average Bonchev–Trinajstić information content (AvgIpc) is 2.47. The number of nitrogens with zero attached hydrogens (tertiary/aromatic N) is 1. The van der Waals surface area contributed by atoms with Gasteiger partial charge in [-0.2, -0.15) is 0 Å². The number of carbonyl (C=O) groups is 1. The highest BCUT2D eigenvalue weighted by molar-refractivity contribution is 7.90. The Morgan fingerprint density at radius 3 is 2.48 bits per heavy atom. The number of carbonyl (C=O) groups excluding carboxylic acids is 1. The van der Waals surface area contributed by atoms with E-state index in [4.69, 9.17) is 0 Å². The zero-order valence-electron chi connectivity index (χ0n) is 11.8. The standard InChI is InChI=1S/C15H16N2O3S/c1-11(12-6-8-16-9-7-12)17-15(18)13-4-3-5-14(10-13)21(2,19)20/h3-11H,1-2H3,(H,17,18). The SMILES string of the molecule is CC(NC(=O)c1cccc(S(C)(=O)=O)c1)c1ccncc1. The number of benzene rings is 1. The van der Waals surface area contributed by atoms with Crippen molar-refractivity contribution in [2.45, 2.75) is 17.9 Å². The average molecular weight is 304 g/mol. The molecular weight excluding hydrogens is 288 g/mol. The van der Waals surface area contributed by atoms with Gasteiger partial charge < -0.3 is 5.32 Å². The lowest BCUT2D eigenvalue weighted by atomic mass is 10.1. The highest BCUT2D eigenvalue weighted by Gasteiger charge is 2.14. The van der Waals surface area contributed by atoms with Crippen LogP contribution >= 0.6 is 0 Å². The molecule has 5 nitrogen and oxygen atoms in total. The summed E-state index contributed by atoms with van der Waals surface area (Å²) >= 11 is 0. The van der Waals surface area contributed by atoms with Crippen molar-refractivity contribution in [1.82, 2.24) is 10.3 Å². The van der Waals surface area contributed by atoms with Crippen molar-refractivity contribution in [2.24, 2.45) is 0 Å². The van der Waals surface area contributed by atoms with Crippen LogP contribution in [-0.2, 0) is 9.84 Å². The molecule has 0 saturated heterocycles.